The van der Waals surface area contributed by atoms with Crippen molar-refractivity contribution < 1.29 is 0 Å². The van der Waals surface area contributed by atoms with Gasteiger partial charge in [-0.2, -0.15) is 0 Å². The minimum Gasteiger partial charge on any atom is -0.374 e. The van der Waals surface area contributed by atoms with Crippen LogP contribution in [0.2, 0.25) is 0 Å². The molecular formula is C11H19N3S. The summed E-state index contributed by atoms with van der Waals surface area (Å²) in [5.74, 6) is 0.914. The zero-order valence-electron chi connectivity index (χ0n) is 9.11. The Kier molecular flexibility index (Phi) is 3.94. The first kappa shape index (κ1) is 10.9. The summed E-state index contributed by atoms with van der Waals surface area (Å²) >= 11 is 1.54. The lowest BCUT2D eigenvalue weighted by molar-refractivity contribution is 0.428. The van der Waals surface area contributed by atoms with Crippen molar-refractivity contribution in [3.05, 3.63) is 5.01 Å². The van der Waals surface area contributed by atoms with Crippen molar-refractivity contribution in [3.8, 4) is 0 Å². The molecule has 3 nitrogen and oxygen atoms in total. The van der Waals surface area contributed by atoms with E-state index < -0.39 is 0 Å². The molecule has 0 amide bonds. The van der Waals surface area contributed by atoms with Crippen molar-refractivity contribution >= 4 is 16.5 Å². The van der Waals surface area contributed by atoms with Gasteiger partial charge in [0.2, 0.25) is 5.13 Å². The average molecular weight is 225 g/mol. The van der Waals surface area contributed by atoms with E-state index in [1.807, 2.05) is 0 Å². The Morgan fingerprint density at radius 1 is 1.13 bits per heavy atom. The van der Waals surface area contributed by atoms with Crippen molar-refractivity contribution in [2.75, 3.05) is 5.73 Å². The number of nitrogens with two attached hydrogens (primary N) is 1. The maximum absolute atomic E-state index is 5.56. The normalized spacial score (nSPS) is 18.9. The fraction of sp³-hybridized carbons (Fsp3) is 0.818. The van der Waals surface area contributed by atoms with E-state index in [-0.39, 0.29) is 0 Å². The van der Waals surface area contributed by atoms with Gasteiger partial charge in [-0.15, -0.1) is 10.2 Å². The summed E-state index contributed by atoms with van der Waals surface area (Å²) in [7, 11) is 0. The summed E-state index contributed by atoms with van der Waals surface area (Å²) in [6.07, 6.45) is 10.9. The molecule has 2 rings (SSSR count). The van der Waals surface area contributed by atoms with Crippen LogP contribution in [0.15, 0.2) is 0 Å². The van der Waals surface area contributed by atoms with Crippen LogP contribution in [0.3, 0.4) is 0 Å². The molecule has 1 aliphatic rings. The molecule has 1 saturated carbocycles. The molecule has 4 heteroatoms. The van der Waals surface area contributed by atoms with Gasteiger partial charge in [0.1, 0.15) is 5.01 Å². The number of rotatable bonds is 3. The Bertz CT molecular complexity index is 290. The molecule has 0 saturated heterocycles. The molecule has 84 valence electrons. The summed E-state index contributed by atoms with van der Waals surface area (Å²) in [4.78, 5) is 0. The highest BCUT2D eigenvalue weighted by Crippen LogP contribution is 2.27. The Balaban J connectivity index is 1.76. The van der Waals surface area contributed by atoms with Gasteiger partial charge in [0.15, 0.2) is 0 Å². The number of nitrogen functional groups attached to an aromatic ring is 1. The molecule has 0 aromatic carbocycles. The Morgan fingerprint density at radius 2 is 1.87 bits per heavy atom. The summed E-state index contributed by atoms with van der Waals surface area (Å²) in [6, 6.07) is 0. The summed E-state index contributed by atoms with van der Waals surface area (Å²) < 4.78 is 0. The molecule has 0 atom stereocenters. The van der Waals surface area contributed by atoms with Crippen LogP contribution in [0.4, 0.5) is 5.13 Å². The maximum atomic E-state index is 5.56. The van der Waals surface area contributed by atoms with Crippen LogP contribution in [-0.2, 0) is 6.42 Å². The fourth-order valence-corrected chi connectivity index (χ4v) is 2.97. The second-order valence-electron chi connectivity index (χ2n) is 4.43. The van der Waals surface area contributed by atoms with Gasteiger partial charge >= 0.3 is 0 Å². The topological polar surface area (TPSA) is 51.8 Å². The molecule has 1 heterocycles. The van der Waals surface area contributed by atoms with Gasteiger partial charge in [0.25, 0.3) is 0 Å². The van der Waals surface area contributed by atoms with Crippen molar-refractivity contribution in [2.45, 2.75) is 51.4 Å². The molecule has 0 bridgehead atoms. The highest BCUT2D eigenvalue weighted by atomic mass is 32.1. The maximum Gasteiger partial charge on any atom is 0.203 e. The zero-order valence-corrected chi connectivity index (χ0v) is 9.93. The van der Waals surface area contributed by atoms with E-state index in [0.29, 0.717) is 5.13 Å². The first-order chi connectivity index (χ1) is 7.34. The third-order valence-electron chi connectivity index (χ3n) is 3.22. The van der Waals surface area contributed by atoms with Crippen LogP contribution in [0, 0.1) is 5.92 Å². The number of aryl methyl sites for hydroxylation is 1. The molecule has 0 radical (unpaired) electrons. The first-order valence-corrected chi connectivity index (χ1v) is 6.74. The highest BCUT2D eigenvalue weighted by Gasteiger charge is 2.13. The van der Waals surface area contributed by atoms with Gasteiger partial charge in [0, 0.05) is 6.42 Å². The third kappa shape index (κ3) is 3.45. The molecule has 0 spiro atoms. The molecule has 1 aliphatic carbocycles. The predicted octanol–water partition coefficient (Wildman–Crippen LogP) is 3.02. The van der Waals surface area contributed by atoms with E-state index in [2.05, 4.69) is 10.2 Å². The van der Waals surface area contributed by atoms with Gasteiger partial charge in [-0.25, -0.2) is 0 Å². The SMILES string of the molecule is Nc1nnc(CCC2CCCCCC2)s1. The van der Waals surface area contributed by atoms with Gasteiger partial charge in [-0.3, -0.25) is 0 Å². The van der Waals surface area contributed by atoms with Gasteiger partial charge < -0.3 is 5.73 Å². The fourth-order valence-electron chi connectivity index (χ4n) is 2.35. The lowest BCUT2D eigenvalue weighted by Gasteiger charge is -2.11. The molecular weight excluding hydrogens is 206 g/mol. The van der Waals surface area contributed by atoms with Crippen LogP contribution in [-0.4, -0.2) is 10.2 Å². The average Bonchev–Trinajstić information content (AvgIpc) is 2.52. The van der Waals surface area contributed by atoms with Gasteiger partial charge in [-0.1, -0.05) is 49.9 Å². The summed E-state index contributed by atoms with van der Waals surface area (Å²) in [5.41, 5.74) is 5.56. The van der Waals surface area contributed by atoms with E-state index in [1.165, 1.54) is 56.3 Å². The Hall–Kier alpha value is -0.640. The predicted molar refractivity (Wildman–Crippen MR) is 63.8 cm³/mol. The largest absolute Gasteiger partial charge is 0.374 e. The van der Waals surface area contributed by atoms with Crippen molar-refractivity contribution in [3.63, 3.8) is 0 Å². The number of hydrogen-bond donors (Lipinski definition) is 1. The smallest absolute Gasteiger partial charge is 0.203 e. The number of anilines is 1. The third-order valence-corrected chi connectivity index (χ3v) is 4.04. The molecule has 15 heavy (non-hydrogen) atoms. The van der Waals surface area contributed by atoms with E-state index >= 15 is 0 Å². The van der Waals surface area contributed by atoms with Gasteiger partial charge in [-0.05, 0) is 12.3 Å². The highest BCUT2D eigenvalue weighted by molar-refractivity contribution is 7.15. The molecule has 0 unspecified atom stereocenters. The summed E-state index contributed by atoms with van der Waals surface area (Å²) in [6.45, 7) is 0. The van der Waals surface area contributed by atoms with E-state index in [9.17, 15) is 0 Å². The lowest BCUT2D eigenvalue weighted by Crippen LogP contribution is -2.00. The molecule has 1 aromatic rings. The van der Waals surface area contributed by atoms with Crippen LogP contribution in [0.1, 0.15) is 50.0 Å². The minimum absolute atomic E-state index is 0.603. The second-order valence-corrected chi connectivity index (χ2v) is 5.52. The minimum atomic E-state index is 0.603. The standard InChI is InChI=1S/C11H19N3S/c12-11-14-13-10(15-11)8-7-9-5-3-1-2-4-6-9/h9H,1-8H2,(H2,12,14). The van der Waals surface area contributed by atoms with Crippen molar-refractivity contribution in [1.29, 1.82) is 0 Å². The monoisotopic (exact) mass is 225 g/mol. The van der Waals surface area contributed by atoms with Crippen LogP contribution in [0.25, 0.3) is 0 Å². The van der Waals surface area contributed by atoms with Crippen LogP contribution >= 0.6 is 11.3 Å². The lowest BCUT2D eigenvalue weighted by atomic mass is 9.95. The Labute approximate surface area is 95.1 Å². The first-order valence-electron chi connectivity index (χ1n) is 5.92. The zero-order chi connectivity index (χ0) is 10.5. The number of nitrogens with zero attached hydrogens (tertiary/aromatic N) is 2. The summed E-state index contributed by atoms with van der Waals surface area (Å²) in [5, 5.41) is 9.62. The van der Waals surface area contributed by atoms with E-state index in [4.69, 9.17) is 5.73 Å². The number of hydrogen-bond acceptors (Lipinski definition) is 4. The molecule has 0 aliphatic heterocycles. The molecule has 2 N–H and O–H groups in total. The second kappa shape index (κ2) is 5.45. The van der Waals surface area contributed by atoms with Crippen molar-refractivity contribution in [1.82, 2.24) is 10.2 Å². The van der Waals surface area contributed by atoms with Crippen molar-refractivity contribution in [2.24, 2.45) is 5.92 Å². The number of aromatic nitrogens is 2. The van der Waals surface area contributed by atoms with Gasteiger partial charge in [0.05, 0.1) is 0 Å². The molecule has 1 aromatic heterocycles. The van der Waals surface area contributed by atoms with E-state index in [0.717, 1.165) is 17.3 Å². The molecule has 1 fully saturated rings. The quantitative estimate of drug-likeness (QED) is 0.804. The Morgan fingerprint density at radius 3 is 2.47 bits per heavy atom. The van der Waals surface area contributed by atoms with Crippen LogP contribution in [0.5, 0.6) is 0 Å². The van der Waals surface area contributed by atoms with E-state index in [1.54, 1.807) is 0 Å². The van der Waals surface area contributed by atoms with Crippen LogP contribution < -0.4 is 5.73 Å².